The Kier molecular flexibility index (Phi) is 4.37. The van der Waals surface area contributed by atoms with Crippen LogP contribution in [0.15, 0.2) is 21.7 Å². The first-order valence-corrected chi connectivity index (χ1v) is 6.49. The number of hydrogen-bond donors (Lipinski definition) is 2. The molecular weight excluding hydrogens is 246 g/mol. The van der Waals surface area contributed by atoms with E-state index in [1.807, 2.05) is 17.5 Å². The Morgan fingerprint density at radius 3 is 2.75 bits per heavy atom. The largest absolute Gasteiger partial charge is 0.480 e. The molecular formula is C10H13NO3S2. The highest BCUT2D eigenvalue weighted by Crippen LogP contribution is 2.23. The molecule has 1 aromatic rings. The van der Waals surface area contributed by atoms with Gasteiger partial charge in [-0.3, -0.25) is 4.79 Å². The molecule has 0 aliphatic rings. The summed E-state index contributed by atoms with van der Waals surface area (Å²) >= 11 is 2.96. The summed E-state index contributed by atoms with van der Waals surface area (Å²) in [5, 5.41) is 13.2. The summed E-state index contributed by atoms with van der Waals surface area (Å²) in [7, 11) is 0. The number of carboxylic acid groups (broad SMARTS) is 1. The lowest BCUT2D eigenvalue weighted by Crippen LogP contribution is -2.50. The number of amides is 1. The molecule has 2 N–H and O–H groups in total. The molecule has 0 saturated carbocycles. The van der Waals surface area contributed by atoms with Crippen molar-refractivity contribution in [3.8, 4) is 0 Å². The number of nitrogens with one attached hydrogen (secondary N) is 1. The van der Waals surface area contributed by atoms with E-state index in [0.29, 0.717) is 0 Å². The van der Waals surface area contributed by atoms with Crippen LogP contribution in [0.2, 0.25) is 0 Å². The van der Waals surface area contributed by atoms with Gasteiger partial charge >= 0.3 is 5.97 Å². The van der Waals surface area contributed by atoms with Crippen molar-refractivity contribution in [3.05, 3.63) is 17.5 Å². The van der Waals surface area contributed by atoms with Crippen LogP contribution in [0.1, 0.15) is 13.8 Å². The van der Waals surface area contributed by atoms with Gasteiger partial charge in [0.25, 0.3) is 0 Å². The van der Waals surface area contributed by atoms with Gasteiger partial charge in [-0.2, -0.15) is 0 Å². The maximum atomic E-state index is 11.5. The number of carbonyl (C=O) groups is 2. The molecule has 4 nitrogen and oxygen atoms in total. The lowest BCUT2D eigenvalue weighted by Gasteiger charge is -2.20. The van der Waals surface area contributed by atoms with Crippen LogP contribution in [0.3, 0.4) is 0 Å². The molecule has 0 aromatic carbocycles. The number of aliphatic carboxylic acids is 1. The van der Waals surface area contributed by atoms with Crippen LogP contribution in [0, 0.1) is 0 Å². The number of thiophene rings is 1. The van der Waals surface area contributed by atoms with Gasteiger partial charge in [-0.25, -0.2) is 4.79 Å². The molecule has 0 fully saturated rings. The molecule has 1 heterocycles. The van der Waals surface area contributed by atoms with E-state index in [2.05, 4.69) is 5.32 Å². The second-order valence-electron chi connectivity index (χ2n) is 3.70. The van der Waals surface area contributed by atoms with Crippen molar-refractivity contribution in [1.29, 1.82) is 0 Å². The Morgan fingerprint density at radius 2 is 2.25 bits per heavy atom. The third kappa shape index (κ3) is 3.86. The maximum absolute atomic E-state index is 11.5. The van der Waals surface area contributed by atoms with E-state index in [4.69, 9.17) is 5.11 Å². The molecule has 1 rings (SSSR count). The van der Waals surface area contributed by atoms with E-state index in [1.54, 1.807) is 11.3 Å². The fourth-order valence-corrected chi connectivity index (χ4v) is 2.50. The lowest BCUT2D eigenvalue weighted by atomic mass is 10.1. The predicted octanol–water partition coefficient (Wildman–Crippen LogP) is 1.82. The van der Waals surface area contributed by atoms with E-state index in [-0.39, 0.29) is 11.7 Å². The molecule has 88 valence electrons. The van der Waals surface area contributed by atoms with E-state index in [1.165, 1.54) is 25.6 Å². The summed E-state index contributed by atoms with van der Waals surface area (Å²) in [4.78, 5) is 22.2. The van der Waals surface area contributed by atoms with Crippen LogP contribution >= 0.6 is 23.1 Å². The smallest absolute Gasteiger partial charge is 0.328 e. The summed E-state index contributed by atoms with van der Waals surface area (Å²) in [6.07, 6.45) is 0. The van der Waals surface area contributed by atoms with Crippen molar-refractivity contribution in [2.75, 3.05) is 5.75 Å². The van der Waals surface area contributed by atoms with Gasteiger partial charge in [-0.15, -0.1) is 23.1 Å². The number of thioether (sulfide) groups is 1. The van der Waals surface area contributed by atoms with Crippen LogP contribution < -0.4 is 5.32 Å². The molecule has 0 bridgehead atoms. The quantitative estimate of drug-likeness (QED) is 0.792. The van der Waals surface area contributed by atoms with Crippen molar-refractivity contribution < 1.29 is 14.7 Å². The lowest BCUT2D eigenvalue weighted by molar-refractivity contribution is -0.145. The third-order valence-electron chi connectivity index (χ3n) is 1.83. The van der Waals surface area contributed by atoms with Crippen molar-refractivity contribution in [1.82, 2.24) is 5.32 Å². The predicted molar refractivity (Wildman–Crippen MR) is 64.9 cm³/mol. The molecule has 1 aromatic heterocycles. The SMILES string of the molecule is CC(C)(NC(=O)CSc1cccs1)C(=O)O. The Bertz CT molecular complexity index is 373. The molecule has 0 atom stereocenters. The number of carboxylic acids is 1. The minimum Gasteiger partial charge on any atom is -0.480 e. The van der Waals surface area contributed by atoms with Crippen LogP contribution in [-0.2, 0) is 9.59 Å². The molecule has 0 aliphatic heterocycles. The standard InChI is InChI=1S/C10H13NO3S2/c1-10(2,9(13)14)11-7(12)6-16-8-4-3-5-15-8/h3-5H,6H2,1-2H3,(H,11,12)(H,13,14). The highest BCUT2D eigenvalue weighted by atomic mass is 32.2. The molecule has 0 radical (unpaired) electrons. The van der Waals surface area contributed by atoms with Gasteiger partial charge in [0.1, 0.15) is 5.54 Å². The normalized spacial score (nSPS) is 11.1. The first-order chi connectivity index (χ1) is 7.42. The second-order valence-corrected chi connectivity index (χ2v) is 5.92. The van der Waals surface area contributed by atoms with Crippen molar-refractivity contribution in [2.24, 2.45) is 0 Å². The molecule has 0 saturated heterocycles. The van der Waals surface area contributed by atoms with Gasteiger partial charge in [0.2, 0.25) is 5.91 Å². The molecule has 0 aliphatic carbocycles. The fraction of sp³-hybridized carbons (Fsp3) is 0.400. The summed E-state index contributed by atoms with van der Waals surface area (Å²) in [5.74, 6) is -1.08. The summed E-state index contributed by atoms with van der Waals surface area (Å²) in [6.45, 7) is 2.92. The van der Waals surface area contributed by atoms with Crippen molar-refractivity contribution in [3.63, 3.8) is 0 Å². The Morgan fingerprint density at radius 1 is 1.56 bits per heavy atom. The molecule has 1 amide bonds. The van der Waals surface area contributed by atoms with E-state index >= 15 is 0 Å². The first-order valence-electron chi connectivity index (χ1n) is 4.62. The van der Waals surface area contributed by atoms with Crippen molar-refractivity contribution >= 4 is 35.0 Å². The average Bonchev–Trinajstić information content (AvgIpc) is 2.66. The highest BCUT2D eigenvalue weighted by molar-refractivity contribution is 8.01. The summed E-state index contributed by atoms with van der Waals surface area (Å²) in [5.41, 5.74) is -1.22. The van der Waals surface area contributed by atoms with E-state index in [0.717, 1.165) is 4.21 Å². The van der Waals surface area contributed by atoms with Gasteiger partial charge in [-0.1, -0.05) is 6.07 Å². The number of hydrogen-bond acceptors (Lipinski definition) is 4. The zero-order valence-electron chi connectivity index (χ0n) is 9.02. The minimum atomic E-state index is -1.22. The maximum Gasteiger partial charge on any atom is 0.328 e. The summed E-state index contributed by atoms with van der Waals surface area (Å²) < 4.78 is 1.04. The van der Waals surface area contributed by atoms with E-state index in [9.17, 15) is 9.59 Å². The van der Waals surface area contributed by atoms with Crippen LogP contribution in [0.25, 0.3) is 0 Å². The summed E-state index contributed by atoms with van der Waals surface area (Å²) in [6, 6.07) is 3.83. The van der Waals surface area contributed by atoms with Crippen molar-refractivity contribution in [2.45, 2.75) is 23.6 Å². The zero-order valence-corrected chi connectivity index (χ0v) is 10.7. The van der Waals surface area contributed by atoms with Crippen LogP contribution in [-0.4, -0.2) is 28.3 Å². The zero-order chi connectivity index (χ0) is 12.2. The molecule has 0 unspecified atom stereocenters. The van der Waals surface area contributed by atoms with Gasteiger partial charge < -0.3 is 10.4 Å². The highest BCUT2D eigenvalue weighted by Gasteiger charge is 2.28. The second kappa shape index (κ2) is 5.36. The topological polar surface area (TPSA) is 66.4 Å². The van der Waals surface area contributed by atoms with E-state index < -0.39 is 11.5 Å². The van der Waals surface area contributed by atoms with Gasteiger partial charge in [0.15, 0.2) is 0 Å². The van der Waals surface area contributed by atoms with Gasteiger partial charge in [0, 0.05) is 0 Å². The van der Waals surface area contributed by atoms with Crippen LogP contribution in [0.4, 0.5) is 0 Å². The fourth-order valence-electron chi connectivity index (χ4n) is 0.920. The average molecular weight is 259 g/mol. The number of rotatable bonds is 5. The third-order valence-corrected chi connectivity index (χ3v) is 3.96. The van der Waals surface area contributed by atoms with Crippen LogP contribution in [0.5, 0.6) is 0 Å². The molecule has 16 heavy (non-hydrogen) atoms. The minimum absolute atomic E-state index is 0.233. The number of carbonyl (C=O) groups excluding carboxylic acids is 1. The Hall–Kier alpha value is -1.01. The molecule has 0 spiro atoms. The van der Waals surface area contributed by atoms with Gasteiger partial charge in [-0.05, 0) is 25.3 Å². The Balaban J connectivity index is 2.39. The first kappa shape index (κ1) is 13.1. The van der Waals surface area contributed by atoms with Gasteiger partial charge in [0.05, 0.1) is 9.96 Å². The Labute approximate surface area is 102 Å². The molecule has 6 heteroatoms. The monoisotopic (exact) mass is 259 g/mol.